The van der Waals surface area contributed by atoms with Crippen molar-refractivity contribution in [3.63, 3.8) is 0 Å². The molecule has 2 N–H and O–H groups in total. The molecule has 1 unspecified atom stereocenters. The number of rotatable bonds is 6. The second-order valence-corrected chi connectivity index (χ2v) is 5.79. The van der Waals surface area contributed by atoms with Gasteiger partial charge in [-0.1, -0.05) is 0 Å². The van der Waals surface area contributed by atoms with Crippen LogP contribution >= 0.6 is 11.3 Å². The Morgan fingerprint density at radius 2 is 2.24 bits per heavy atom. The van der Waals surface area contributed by atoms with Gasteiger partial charge in [-0.15, -0.1) is 11.3 Å². The maximum Gasteiger partial charge on any atom is 0.226 e. The highest BCUT2D eigenvalue weighted by molar-refractivity contribution is 7.16. The third-order valence-corrected chi connectivity index (χ3v) is 3.94. The highest BCUT2D eigenvalue weighted by Gasteiger charge is 2.12. The number of nitrogens with one attached hydrogen (secondary N) is 2. The number of thiophene rings is 1. The first-order valence-electron chi connectivity index (χ1n) is 7.04. The average molecular weight is 302 g/mol. The monoisotopic (exact) mass is 302 g/mol. The van der Waals surface area contributed by atoms with Crippen LogP contribution in [0.5, 0.6) is 0 Å². The molecule has 0 bridgehead atoms. The molecule has 0 saturated carbocycles. The molecule has 0 aromatic carbocycles. The molecule has 0 aliphatic rings. The standard InChI is InChI=1S/C15H18N4OS/c1-3-16-15-18-13(12-6-8-21-14(12)19-15)17-10(2)9-11-5-4-7-20-11/h4-8,10H,3,9H2,1-2H3,(H2,16,17,18,19). The van der Waals surface area contributed by atoms with Gasteiger partial charge in [0.05, 0.1) is 11.6 Å². The normalized spacial score (nSPS) is 12.5. The Hall–Kier alpha value is -2.08. The Morgan fingerprint density at radius 1 is 1.33 bits per heavy atom. The molecule has 110 valence electrons. The maximum atomic E-state index is 5.39. The van der Waals surface area contributed by atoms with Crippen molar-refractivity contribution in [2.45, 2.75) is 26.3 Å². The maximum absolute atomic E-state index is 5.39. The minimum Gasteiger partial charge on any atom is -0.469 e. The fraction of sp³-hybridized carbons (Fsp3) is 0.333. The fourth-order valence-corrected chi connectivity index (χ4v) is 2.98. The molecule has 0 radical (unpaired) electrons. The first kappa shape index (κ1) is 13.9. The van der Waals surface area contributed by atoms with Crippen LogP contribution in [0.2, 0.25) is 0 Å². The number of nitrogens with zero attached hydrogens (tertiary/aromatic N) is 2. The minimum absolute atomic E-state index is 0.226. The van der Waals surface area contributed by atoms with E-state index in [1.165, 1.54) is 0 Å². The highest BCUT2D eigenvalue weighted by atomic mass is 32.1. The van der Waals surface area contributed by atoms with Gasteiger partial charge in [0.15, 0.2) is 0 Å². The van der Waals surface area contributed by atoms with E-state index in [4.69, 9.17) is 4.42 Å². The minimum atomic E-state index is 0.226. The van der Waals surface area contributed by atoms with E-state index < -0.39 is 0 Å². The quantitative estimate of drug-likeness (QED) is 0.726. The predicted molar refractivity (Wildman–Crippen MR) is 87.1 cm³/mol. The van der Waals surface area contributed by atoms with Crippen LogP contribution in [-0.4, -0.2) is 22.6 Å². The molecule has 6 heteroatoms. The van der Waals surface area contributed by atoms with Crippen LogP contribution in [0, 0.1) is 0 Å². The third-order valence-electron chi connectivity index (χ3n) is 3.13. The summed E-state index contributed by atoms with van der Waals surface area (Å²) in [5, 5.41) is 9.74. The molecule has 5 nitrogen and oxygen atoms in total. The number of hydrogen-bond acceptors (Lipinski definition) is 6. The number of furan rings is 1. The molecular weight excluding hydrogens is 284 g/mol. The van der Waals surface area contributed by atoms with Gasteiger partial charge in [0.2, 0.25) is 5.95 Å². The molecule has 0 aliphatic carbocycles. The molecule has 0 spiro atoms. The number of aromatic nitrogens is 2. The highest BCUT2D eigenvalue weighted by Crippen LogP contribution is 2.27. The van der Waals surface area contributed by atoms with E-state index in [-0.39, 0.29) is 6.04 Å². The van der Waals surface area contributed by atoms with Gasteiger partial charge in [-0.25, -0.2) is 4.98 Å². The Morgan fingerprint density at radius 3 is 3.00 bits per heavy atom. The van der Waals surface area contributed by atoms with Crippen LogP contribution in [0.3, 0.4) is 0 Å². The molecule has 3 aromatic heterocycles. The molecule has 0 saturated heterocycles. The number of anilines is 2. The van der Waals surface area contributed by atoms with Crippen molar-refractivity contribution in [1.82, 2.24) is 9.97 Å². The van der Waals surface area contributed by atoms with Crippen molar-refractivity contribution in [3.8, 4) is 0 Å². The van der Waals surface area contributed by atoms with Gasteiger partial charge in [-0.05, 0) is 37.4 Å². The fourth-order valence-electron chi connectivity index (χ4n) is 2.22. The largest absolute Gasteiger partial charge is 0.469 e. The average Bonchev–Trinajstić information content (AvgIpc) is 3.09. The zero-order valence-corrected chi connectivity index (χ0v) is 12.9. The molecule has 3 aromatic rings. The third kappa shape index (κ3) is 3.16. The summed E-state index contributed by atoms with van der Waals surface area (Å²) in [4.78, 5) is 10.1. The lowest BCUT2D eigenvalue weighted by molar-refractivity contribution is 0.497. The predicted octanol–water partition coefficient (Wildman–Crippen LogP) is 3.76. The van der Waals surface area contributed by atoms with Gasteiger partial charge in [0.25, 0.3) is 0 Å². The van der Waals surface area contributed by atoms with Crippen LogP contribution in [0.1, 0.15) is 19.6 Å². The number of hydrogen-bond donors (Lipinski definition) is 2. The van der Waals surface area contributed by atoms with E-state index in [0.717, 1.165) is 34.8 Å². The second-order valence-electron chi connectivity index (χ2n) is 4.89. The van der Waals surface area contributed by atoms with Gasteiger partial charge >= 0.3 is 0 Å². The molecular formula is C15H18N4OS. The van der Waals surface area contributed by atoms with Crippen molar-refractivity contribution in [1.29, 1.82) is 0 Å². The Kier molecular flexibility index (Phi) is 4.06. The van der Waals surface area contributed by atoms with Crippen molar-refractivity contribution in [2.24, 2.45) is 0 Å². The molecule has 3 rings (SSSR count). The Balaban J connectivity index is 1.83. The molecule has 0 fully saturated rings. The summed E-state index contributed by atoms with van der Waals surface area (Å²) in [7, 11) is 0. The van der Waals surface area contributed by atoms with E-state index in [1.54, 1.807) is 17.6 Å². The van der Waals surface area contributed by atoms with Crippen molar-refractivity contribution >= 4 is 33.3 Å². The summed E-state index contributed by atoms with van der Waals surface area (Å²) in [6.07, 6.45) is 2.52. The zero-order chi connectivity index (χ0) is 14.7. The lowest BCUT2D eigenvalue weighted by atomic mass is 10.2. The van der Waals surface area contributed by atoms with Crippen LogP contribution in [0.15, 0.2) is 34.3 Å². The molecule has 3 heterocycles. The summed E-state index contributed by atoms with van der Waals surface area (Å²) >= 11 is 1.62. The molecule has 0 amide bonds. The zero-order valence-electron chi connectivity index (χ0n) is 12.1. The smallest absolute Gasteiger partial charge is 0.226 e. The first-order chi connectivity index (χ1) is 10.3. The summed E-state index contributed by atoms with van der Waals surface area (Å²) in [5.74, 6) is 2.51. The van der Waals surface area contributed by atoms with Crippen LogP contribution < -0.4 is 10.6 Å². The van der Waals surface area contributed by atoms with Gasteiger partial charge < -0.3 is 15.1 Å². The van der Waals surface area contributed by atoms with Crippen LogP contribution in [0.25, 0.3) is 10.2 Å². The second kappa shape index (κ2) is 6.13. The van der Waals surface area contributed by atoms with Crippen LogP contribution in [-0.2, 0) is 6.42 Å². The van der Waals surface area contributed by atoms with E-state index in [9.17, 15) is 0 Å². The Labute approximate surface area is 127 Å². The van der Waals surface area contributed by atoms with E-state index >= 15 is 0 Å². The molecule has 21 heavy (non-hydrogen) atoms. The van der Waals surface area contributed by atoms with Gasteiger partial charge in [0.1, 0.15) is 16.4 Å². The molecule has 0 aliphatic heterocycles. The topological polar surface area (TPSA) is 63.0 Å². The number of fused-ring (bicyclic) bond motifs is 1. The summed E-state index contributed by atoms with van der Waals surface area (Å²) in [6.45, 7) is 4.96. The van der Waals surface area contributed by atoms with Gasteiger partial charge in [0, 0.05) is 19.0 Å². The van der Waals surface area contributed by atoms with Crippen molar-refractivity contribution in [3.05, 3.63) is 35.6 Å². The van der Waals surface area contributed by atoms with E-state index in [0.29, 0.717) is 5.95 Å². The van der Waals surface area contributed by atoms with E-state index in [2.05, 4.69) is 33.6 Å². The molecule has 1 atom stereocenters. The van der Waals surface area contributed by atoms with E-state index in [1.807, 2.05) is 24.4 Å². The summed E-state index contributed by atoms with van der Waals surface area (Å²) in [6, 6.07) is 6.18. The van der Waals surface area contributed by atoms with Gasteiger partial charge in [-0.3, -0.25) is 0 Å². The van der Waals surface area contributed by atoms with Crippen LogP contribution in [0.4, 0.5) is 11.8 Å². The summed E-state index contributed by atoms with van der Waals surface area (Å²) in [5.41, 5.74) is 0. The lowest BCUT2D eigenvalue weighted by Crippen LogP contribution is -2.19. The van der Waals surface area contributed by atoms with Crippen molar-refractivity contribution in [2.75, 3.05) is 17.2 Å². The summed E-state index contributed by atoms with van der Waals surface area (Å²) < 4.78 is 5.39. The van der Waals surface area contributed by atoms with Gasteiger partial charge in [-0.2, -0.15) is 4.98 Å². The Bertz CT molecular complexity index is 708. The lowest BCUT2D eigenvalue weighted by Gasteiger charge is -2.15. The van der Waals surface area contributed by atoms with Crippen molar-refractivity contribution < 1.29 is 4.42 Å². The SMILES string of the molecule is CCNc1nc(NC(C)Cc2ccco2)c2ccsc2n1. The first-order valence-corrected chi connectivity index (χ1v) is 7.92.